The Morgan fingerprint density at radius 1 is 1.19 bits per heavy atom. The van der Waals surface area contributed by atoms with Crippen LogP contribution >= 0.6 is 11.6 Å². The van der Waals surface area contributed by atoms with E-state index in [1.54, 1.807) is 7.11 Å². The summed E-state index contributed by atoms with van der Waals surface area (Å²) in [5.41, 5.74) is 1.58. The topological polar surface area (TPSA) is 84.5 Å². The number of amides is 1. The highest BCUT2D eigenvalue weighted by Gasteiger charge is 2.12. The number of halogens is 1. The van der Waals surface area contributed by atoms with Crippen LogP contribution in [-0.4, -0.2) is 34.2 Å². The van der Waals surface area contributed by atoms with Crippen LogP contribution in [-0.2, 0) is 16.4 Å². The molecule has 0 spiro atoms. The van der Waals surface area contributed by atoms with Crippen molar-refractivity contribution in [1.82, 2.24) is 5.32 Å². The van der Waals surface area contributed by atoms with Gasteiger partial charge in [-0.2, -0.15) is 0 Å². The monoisotopic (exact) mass is 396 g/mol. The van der Waals surface area contributed by atoms with Crippen molar-refractivity contribution in [2.45, 2.75) is 12.8 Å². The number of anilines is 1. The molecular weight excluding hydrogens is 376 g/mol. The summed E-state index contributed by atoms with van der Waals surface area (Å²) in [6, 6.07) is 12.1. The average molecular weight is 397 g/mol. The van der Waals surface area contributed by atoms with Crippen molar-refractivity contribution in [3.05, 3.63) is 58.6 Å². The van der Waals surface area contributed by atoms with E-state index in [4.69, 9.17) is 16.3 Å². The predicted molar refractivity (Wildman–Crippen MR) is 104 cm³/mol. The third-order valence-electron chi connectivity index (χ3n) is 3.62. The summed E-state index contributed by atoms with van der Waals surface area (Å²) >= 11 is 6.06. The van der Waals surface area contributed by atoms with E-state index in [1.807, 2.05) is 24.3 Å². The van der Waals surface area contributed by atoms with E-state index in [2.05, 4.69) is 10.0 Å². The van der Waals surface area contributed by atoms with Crippen LogP contribution in [0.15, 0.2) is 42.5 Å². The minimum absolute atomic E-state index is 0.220. The summed E-state index contributed by atoms with van der Waals surface area (Å²) in [6.07, 6.45) is 2.53. The maximum atomic E-state index is 12.3. The quantitative estimate of drug-likeness (QED) is 0.671. The third kappa shape index (κ3) is 5.93. The number of para-hydroxylation sites is 1. The van der Waals surface area contributed by atoms with Gasteiger partial charge in [0.25, 0.3) is 5.91 Å². The highest BCUT2D eigenvalue weighted by atomic mass is 35.5. The molecule has 0 bridgehead atoms. The van der Waals surface area contributed by atoms with Crippen molar-refractivity contribution in [2.75, 3.05) is 24.6 Å². The van der Waals surface area contributed by atoms with E-state index in [0.29, 0.717) is 6.54 Å². The lowest BCUT2D eigenvalue weighted by Crippen LogP contribution is -2.25. The largest absolute Gasteiger partial charge is 0.496 e. The molecule has 0 atom stereocenters. The Morgan fingerprint density at radius 3 is 2.62 bits per heavy atom. The minimum atomic E-state index is -3.43. The van der Waals surface area contributed by atoms with Crippen LogP contribution in [0, 0.1) is 0 Å². The highest BCUT2D eigenvalue weighted by molar-refractivity contribution is 7.92. The van der Waals surface area contributed by atoms with Crippen LogP contribution in [0.25, 0.3) is 0 Å². The molecule has 140 valence electrons. The molecule has 0 aromatic heterocycles. The van der Waals surface area contributed by atoms with Crippen LogP contribution in [0.1, 0.15) is 22.3 Å². The van der Waals surface area contributed by atoms with E-state index >= 15 is 0 Å². The second-order valence-electron chi connectivity index (χ2n) is 5.74. The van der Waals surface area contributed by atoms with Crippen molar-refractivity contribution in [3.8, 4) is 5.75 Å². The van der Waals surface area contributed by atoms with Gasteiger partial charge in [0, 0.05) is 12.2 Å². The van der Waals surface area contributed by atoms with Crippen molar-refractivity contribution in [1.29, 1.82) is 0 Å². The standard InChI is InChI=1S/C18H21ClN2O4S/c1-25-17-8-4-3-6-13(17)7-5-11-20-18(22)15-12-14(9-10-16(15)19)21-26(2,23)24/h3-4,6,8-10,12,21H,5,7,11H2,1-2H3,(H,20,22). The second-order valence-corrected chi connectivity index (χ2v) is 7.90. The molecule has 2 rings (SSSR count). The Hall–Kier alpha value is -2.25. The molecule has 0 aliphatic carbocycles. The molecule has 0 aliphatic rings. The second kappa shape index (κ2) is 8.91. The number of nitrogens with one attached hydrogen (secondary N) is 2. The fourth-order valence-electron chi connectivity index (χ4n) is 2.46. The summed E-state index contributed by atoms with van der Waals surface area (Å²) in [5.74, 6) is 0.466. The fourth-order valence-corrected chi connectivity index (χ4v) is 3.22. The van der Waals surface area contributed by atoms with Crippen LogP contribution in [0.3, 0.4) is 0 Å². The molecule has 0 unspecified atom stereocenters. The summed E-state index contributed by atoms with van der Waals surface area (Å²) in [6.45, 7) is 0.455. The summed E-state index contributed by atoms with van der Waals surface area (Å²) in [4.78, 5) is 12.3. The van der Waals surface area contributed by atoms with E-state index in [1.165, 1.54) is 18.2 Å². The minimum Gasteiger partial charge on any atom is -0.496 e. The van der Waals surface area contributed by atoms with Crippen LogP contribution in [0.2, 0.25) is 5.02 Å². The normalized spacial score (nSPS) is 11.0. The molecular formula is C18H21ClN2O4S. The smallest absolute Gasteiger partial charge is 0.252 e. The van der Waals surface area contributed by atoms with Gasteiger partial charge >= 0.3 is 0 Å². The third-order valence-corrected chi connectivity index (χ3v) is 4.55. The number of ether oxygens (including phenoxy) is 1. The molecule has 2 aromatic carbocycles. The van der Waals surface area contributed by atoms with E-state index in [9.17, 15) is 13.2 Å². The molecule has 8 heteroatoms. The van der Waals surface area contributed by atoms with Gasteiger partial charge in [-0.15, -0.1) is 0 Å². The van der Waals surface area contributed by atoms with Crippen LogP contribution in [0.4, 0.5) is 5.69 Å². The summed E-state index contributed by atoms with van der Waals surface area (Å²) < 4.78 is 30.2. The number of hydrogen-bond acceptors (Lipinski definition) is 4. The van der Waals surface area contributed by atoms with Gasteiger partial charge in [-0.1, -0.05) is 29.8 Å². The lowest BCUT2D eigenvalue weighted by molar-refractivity contribution is 0.0953. The fraction of sp³-hybridized carbons (Fsp3) is 0.278. The van der Waals surface area contributed by atoms with Gasteiger partial charge in [0.1, 0.15) is 5.75 Å². The number of aryl methyl sites for hydroxylation is 1. The Balaban J connectivity index is 1.94. The van der Waals surface area contributed by atoms with Gasteiger partial charge in [-0.3, -0.25) is 9.52 Å². The molecule has 0 radical (unpaired) electrons. The van der Waals surface area contributed by atoms with Gasteiger partial charge in [0.15, 0.2) is 0 Å². The highest BCUT2D eigenvalue weighted by Crippen LogP contribution is 2.21. The zero-order valence-corrected chi connectivity index (χ0v) is 16.2. The van der Waals surface area contributed by atoms with Gasteiger partial charge in [0.05, 0.1) is 24.0 Å². The number of benzene rings is 2. The molecule has 0 aliphatic heterocycles. The lowest BCUT2D eigenvalue weighted by atomic mass is 10.1. The zero-order chi connectivity index (χ0) is 19.2. The summed E-state index contributed by atoms with van der Waals surface area (Å²) in [5, 5.41) is 3.05. The molecule has 0 fully saturated rings. The SMILES string of the molecule is COc1ccccc1CCCNC(=O)c1cc(NS(C)(=O)=O)ccc1Cl. The molecule has 0 heterocycles. The molecule has 2 aromatic rings. The van der Waals surface area contributed by atoms with Crippen LogP contribution in [0.5, 0.6) is 5.75 Å². The average Bonchev–Trinajstić information content (AvgIpc) is 2.59. The van der Waals surface area contributed by atoms with Gasteiger partial charge in [0.2, 0.25) is 10.0 Å². The first-order valence-corrected chi connectivity index (χ1v) is 10.2. The number of rotatable bonds is 8. The van der Waals surface area contributed by atoms with Gasteiger partial charge in [-0.25, -0.2) is 8.42 Å². The number of carbonyl (C=O) groups is 1. The molecule has 0 saturated carbocycles. The number of carbonyl (C=O) groups excluding carboxylic acids is 1. The molecule has 1 amide bonds. The van der Waals surface area contributed by atoms with E-state index < -0.39 is 10.0 Å². The van der Waals surface area contributed by atoms with Crippen molar-refractivity contribution < 1.29 is 17.9 Å². The first kappa shape index (κ1) is 20.1. The predicted octanol–water partition coefficient (Wildman–Crippen LogP) is 3.08. The zero-order valence-electron chi connectivity index (χ0n) is 14.6. The first-order valence-electron chi connectivity index (χ1n) is 7.97. The Morgan fingerprint density at radius 2 is 1.92 bits per heavy atom. The van der Waals surface area contributed by atoms with E-state index in [-0.39, 0.29) is 22.2 Å². The summed E-state index contributed by atoms with van der Waals surface area (Å²) in [7, 11) is -1.80. The molecule has 6 nitrogen and oxygen atoms in total. The Bertz CT molecular complexity index is 885. The number of methoxy groups -OCH3 is 1. The molecule has 2 N–H and O–H groups in total. The Labute approximate surface area is 158 Å². The van der Waals surface area contributed by atoms with Crippen molar-refractivity contribution in [2.24, 2.45) is 0 Å². The van der Waals surface area contributed by atoms with Gasteiger partial charge < -0.3 is 10.1 Å². The van der Waals surface area contributed by atoms with Gasteiger partial charge in [-0.05, 0) is 42.7 Å². The lowest BCUT2D eigenvalue weighted by Gasteiger charge is -2.11. The van der Waals surface area contributed by atoms with Crippen molar-refractivity contribution in [3.63, 3.8) is 0 Å². The number of hydrogen-bond donors (Lipinski definition) is 2. The maximum absolute atomic E-state index is 12.3. The van der Waals surface area contributed by atoms with Crippen molar-refractivity contribution >= 4 is 33.2 Å². The Kier molecular flexibility index (Phi) is 6.88. The maximum Gasteiger partial charge on any atom is 0.252 e. The first-order chi connectivity index (χ1) is 12.3. The molecule has 0 saturated heterocycles. The number of sulfonamides is 1. The molecule has 26 heavy (non-hydrogen) atoms. The van der Waals surface area contributed by atoms with E-state index in [0.717, 1.165) is 30.4 Å². The van der Waals surface area contributed by atoms with Crippen LogP contribution < -0.4 is 14.8 Å².